The fraction of sp³-hybridized carbons (Fsp3) is 0.462. The van der Waals surface area contributed by atoms with Crippen LogP contribution in [-0.4, -0.2) is 19.6 Å². The Morgan fingerprint density at radius 2 is 2.39 bits per heavy atom. The summed E-state index contributed by atoms with van der Waals surface area (Å²) in [4.78, 5) is 0. The summed E-state index contributed by atoms with van der Waals surface area (Å²) in [7, 11) is 0. The lowest BCUT2D eigenvalue weighted by Crippen LogP contribution is -2.33. The first-order valence-electron chi connectivity index (χ1n) is 6.05. The third-order valence-corrected chi connectivity index (χ3v) is 3.96. The van der Waals surface area contributed by atoms with Gasteiger partial charge in [-0.15, -0.1) is 0 Å². The van der Waals surface area contributed by atoms with Gasteiger partial charge in [-0.3, -0.25) is 0 Å². The van der Waals surface area contributed by atoms with E-state index in [1.165, 1.54) is 12.8 Å². The van der Waals surface area contributed by atoms with Gasteiger partial charge < -0.3 is 10.6 Å². The maximum absolute atomic E-state index is 13.9. The van der Waals surface area contributed by atoms with Crippen LogP contribution in [0.5, 0.6) is 0 Å². The predicted molar refractivity (Wildman–Crippen MR) is 72.9 cm³/mol. The molecule has 1 heterocycles. The molecular formula is C13H15BrFN3. The van der Waals surface area contributed by atoms with Crippen molar-refractivity contribution in [1.82, 2.24) is 5.32 Å². The van der Waals surface area contributed by atoms with E-state index < -0.39 is 5.82 Å². The van der Waals surface area contributed by atoms with Crippen molar-refractivity contribution in [2.45, 2.75) is 12.8 Å². The third-order valence-electron chi connectivity index (χ3n) is 3.18. The molecule has 3 nitrogen and oxygen atoms in total. The Hall–Kier alpha value is -1.12. The summed E-state index contributed by atoms with van der Waals surface area (Å²) in [6, 6.07) is 5.18. The molecule has 1 fully saturated rings. The molecule has 0 aliphatic carbocycles. The maximum atomic E-state index is 13.9. The molecule has 0 radical (unpaired) electrons. The smallest absolute Gasteiger partial charge is 0.161 e. The van der Waals surface area contributed by atoms with Gasteiger partial charge in [-0.25, -0.2) is 4.39 Å². The number of anilines is 1. The van der Waals surface area contributed by atoms with Gasteiger partial charge >= 0.3 is 0 Å². The standard InChI is InChI=1S/C13H15BrFN3/c14-12-10(6-16)3-4-11(13(12)15)18-8-9-2-1-5-17-7-9/h3-4,9,17-18H,1-2,5,7-8H2. The second kappa shape index (κ2) is 6.17. The Bertz CT molecular complexity index is 464. The van der Waals surface area contributed by atoms with Crippen LogP contribution in [0.1, 0.15) is 18.4 Å². The first kappa shape index (κ1) is 13.3. The average Bonchev–Trinajstić information content (AvgIpc) is 2.42. The van der Waals surface area contributed by atoms with Crippen LogP contribution in [0.4, 0.5) is 10.1 Å². The van der Waals surface area contributed by atoms with Crippen molar-refractivity contribution in [3.63, 3.8) is 0 Å². The minimum atomic E-state index is -0.391. The van der Waals surface area contributed by atoms with E-state index in [9.17, 15) is 4.39 Å². The number of nitrogens with one attached hydrogen (secondary N) is 2. The molecule has 0 spiro atoms. The molecule has 2 rings (SSSR count). The van der Waals surface area contributed by atoms with Crippen molar-refractivity contribution < 1.29 is 4.39 Å². The fourth-order valence-corrected chi connectivity index (χ4v) is 2.56. The minimum absolute atomic E-state index is 0.233. The van der Waals surface area contributed by atoms with E-state index in [0.29, 0.717) is 17.2 Å². The highest BCUT2D eigenvalue weighted by molar-refractivity contribution is 9.10. The molecule has 5 heteroatoms. The van der Waals surface area contributed by atoms with Gasteiger partial charge in [-0.2, -0.15) is 5.26 Å². The van der Waals surface area contributed by atoms with E-state index in [4.69, 9.17) is 5.26 Å². The molecule has 96 valence electrons. The summed E-state index contributed by atoms with van der Waals surface area (Å²) >= 11 is 3.11. The van der Waals surface area contributed by atoms with E-state index in [1.807, 2.05) is 6.07 Å². The number of benzene rings is 1. The van der Waals surface area contributed by atoms with Crippen molar-refractivity contribution >= 4 is 21.6 Å². The van der Waals surface area contributed by atoms with Gasteiger partial charge in [-0.05, 0) is 59.9 Å². The summed E-state index contributed by atoms with van der Waals surface area (Å²) in [5.74, 6) is 0.144. The summed E-state index contributed by atoms with van der Waals surface area (Å²) in [5.41, 5.74) is 0.767. The number of piperidine rings is 1. The molecule has 1 aliphatic heterocycles. The van der Waals surface area contributed by atoms with Gasteiger partial charge in [0, 0.05) is 6.54 Å². The van der Waals surface area contributed by atoms with Gasteiger partial charge in [-0.1, -0.05) is 0 Å². The van der Waals surface area contributed by atoms with Crippen LogP contribution in [0.25, 0.3) is 0 Å². The first-order valence-corrected chi connectivity index (χ1v) is 6.84. The van der Waals surface area contributed by atoms with Gasteiger partial charge in [0.1, 0.15) is 6.07 Å². The molecule has 1 aromatic carbocycles. The Balaban J connectivity index is 2.01. The lowest BCUT2D eigenvalue weighted by Gasteiger charge is -2.23. The normalized spacial score (nSPS) is 19.3. The number of hydrogen-bond acceptors (Lipinski definition) is 3. The second-order valence-corrected chi connectivity index (χ2v) is 5.29. The second-order valence-electron chi connectivity index (χ2n) is 4.49. The molecule has 0 saturated carbocycles. The zero-order valence-electron chi connectivity index (χ0n) is 9.97. The van der Waals surface area contributed by atoms with Crippen molar-refractivity contribution in [3.05, 3.63) is 28.0 Å². The summed E-state index contributed by atoms with van der Waals surface area (Å²) in [5, 5.41) is 15.2. The largest absolute Gasteiger partial charge is 0.382 e. The number of rotatable bonds is 3. The molecule has 0 amide bonds. The summed E-state index contributed by atoms with van der Waals surface area (Å²) in [6.07, 6.45) is 2.34. The van der Waals surface area contributed by atoms with Crippen LogP contribution in [0.3, 0.4) is 0 Å². The highest BCUT2D eigenvalue weighted by Crippen LogP contribution is 2.26. The first-order chi connectivity index (χ1) is 8.72. The van der Waals surface area contributed by atoms with Crippen LogP contribution >= 0.6 is 15.9 Å². The van der Waals surface area contributed by atoms with Gasteiger partial charge in [0.2, 0.25) is 0 Å². The van der Waals surface area contributed by atoms with Gasteiger partial charge in [0.05, 0.1) is 15.7 Å². The van der Waals surface area contributed by atoms with Crippen molar-refractivity contribution in [2.75, 3.05) is 25.0 Å². The zero-order chi connectivity index (χ0) is 13.0. The van der Waals surface area contributed by atoms with Crippen LogP contribution in [0.15, 0.2) is 16.6 Å². The van der Waals surface area contributed by atoms with Crippen molar-refractivity contribution in [1.29, 1.82) is 5.26 Å². The summed E-state index contributed by atoms with van der Waals surface area (Å²) in [6.45, 7) is 2.81. The average molecular weight is 312 g/mol. The highest BCUT2D eigenvalue weighted by Gasteiger charge is 2.15. The molecule has 0 aromatic heterocycles. The van der Waals surface area contributed by atoms with Crippen LogP contribution < -0.4 is 10.6 Å². The number of hydrogen-bond donors (Lipinski definition) is 2. The number of halogens is 2. The molecule has 1 unspecified atom stereocenters. The van der Waals surface area contributed by atoms with E-state index >= 15 is 0 Å². The van der Waals surface area contributed by atoms with Crippen molar-refractivity contribution in [2.24, 2.45) is 5.92 Å². The quantitative estimate of drug-likeness (QED) is 0.902. The van der Waals surface area contributed by atoms with Gasteiger partial charge in [0.25, 0.3) is 0 Å². The lowest BCUT2D eigenvalue weighted by molar-refractivity contribution is 0.392. The predicted octanol–water partition coefficient (Wildman–Crippen LogP) is 2.87. The van der Waals surface area contributed by atoms with E-state index in [2.05, 4.69) is 26.6 Å². The summed E-state index contributed by atoms with van der Waals surface area (Å²) < 4.78 is 14.2. The molecule has 2 N–H and O–H groups in total. The SMILES string of the molecule is N#Cc1ccc(NCC2CCCNC2)c(F)c1Br. The number of nitriles is 1. The monoisotopic (exact) mass is 311 g/mol. The van der Waals surface area contributed by atoms with Gasteiger partial charge in [0.15, 0.2) is 5.82 Å². The molecular weight excluding hydrogens is 297 g/mol. The van der Waals surface area contributed by atoms with Crippen molar-refractivity contribution in [3.8, 4) is 6.07 Å². The maximum Gasteiger partial charge on any atom is 0.161 e. The lowest BCUT2D eigenvalue weighted by atomic mass is 9.99. The number of nitrogens with zero attached hydrogens (tertiary/aromatic N) is 1. The molecule has 1 aromatic rings. The zero-order valence-corrected chi connectivity index (χ0v) is 11.6. The Morgan fingerprint density at radius 1 is 1.56 bits per heavy atom. The topological polar surface area (TPSA) is 47.9 Å². The molecule has 0 bridgehead atoms. The molecule has 1 aliphatic rings. The van der Waals surface area contributed by atoms with E-state index in [1.54, 1.807) is 12.1 Å². The third kappa shape index (κ3) is 3.01. The molecule has 1 atom stereocenters. The Labute approximate surface area is 115 Å². The van der Waals surface area contributed by atoms with Crippen LogP contribution in [-0.2, 0) is 0 Å². The Morgan fingerprint density at radius 3 is 3.06 bits per heavy atom. The molecule has 1 saturated heterocycles. The van der Waals surface area contributed by atoms with Crippen LogP contribution in [0.2, 0.25) is 0 Å². The van der Waals surface area contributed by atoms with Crippen LogP contribution in [0, 0.1) is 23.1 Å². The minimum Gasteiger partial charge on any atom is -0.382 e. The molecule has 18 heavy (non-hydrogen) atoms. The fourth-order valence-electron chi connectivity index (χ4n) is 2.12. The van der Waals surface area contributed by atoms with E-state index in [0.717, 1.165) is 19.6 Å². The van der Waals surface area contributed by atoms with E-state index in [-0.39, 0.29) is 4.47 Å². The highest BCUT2D eigenvalue weighted by atomic mass is 79.9. The Kier molecular flexibility index (Phi) is 4.56.